The van der Waals surface area contributed by atoms with Crippen molar-refractivity contribution < 1.29 is 23.5 Å². The number of carbonyl (C=O) groups is 1. The van der Waals surface area contributed by atoms with E-state index in [0.717, 1.165) is 16.7 Å². The predicted molar refractivity (Wildman–Crippen MR) is 127 cm³/mol. The molecule has 3 aromatic rings. The fraction of sp³-hybridized carbons (Fsp3) is 0.360. The van der Waals surface area contributed by atoms with Gasteiger partial charge in [0, 0.05) is 17.1 Å². The van der Waals surface area contributed by atoms with Gasteiger partial charge in [0.25, 0.3) is 0 Å². The lowest BCUT2D eigenvalue weighted by molar-refractivity contribution is 0.0523. The van der Waals surface area contributed by atoms with Crippen LogP contribution in [0.3, 0.4) is 0 Å². The molecule has 0 radical (unpaired) electrons. The summed E-state index contributed by atoms with van der Waals surface area (Å²) in [7, 11) is -1.28. The summed E-state index contributed by atoms with van der Waals surface area (Å²) >= 11 is 0. The van der Waals surface area contributed by atoms with E-state index in [2.05, 4.69) is 44.9 Å². The van der Waals surface area contributed by atoms with Crippen molar-refractivity contribution in [3.63, 3.8) is 0 Å². The highest BCUT2D eigenvalue weighted by atomic mass is 28.3. The molecule has 1 aromatic heterocycles. The number of nitrogens with zero attached hydrogens (tertiary/aromatic N) is 1. The Morgan fingerprint density at radius 2 is 1.88 bits per heavy atom. The molecule has 7 heteroatoms. The fourth-order valence-corrected chi connectivity index (χ4v) is 3.97. The Bertz CT molecular complexity index is 1150. The lowest BCUT2D eigenvalue weighted by Gasteiger charge is -2.22. The van der Waals surface area contributed by atoms with Gasteiger partial charge in [-0.3, -0.25) is 4.98 Å². The molecule has 0 amide bonds. The predicted octanol–water partition coefficient (Wildman–Crippen LogP) is 5.72. The first-order valence-corrected chi connectivity index (χ1v) is 13.5. The molecule has 0 saturated carbocycles. The number of rotatable bonds is 6. The van der Waals surface area contributed by atoms with Gasteiger partial charge in [0.15, 0.2) is 9.04 Å². The molecule has 1 N–H and O–H groups in total. The van der Waals surface area contributed by atoms with Crippen LogP contribution in [0, 0.1) is 5.82 Å². The number of fused-ring (bicyclic) bond motifs is 1. The number of hydrogen-bond acceptors (Lipinski definition) is 5. The maximum absolute atomic E-state index is 15.3. The van der Waals surface area contributed by atoms with Crippen molar-refractivity contribution in [1.29, 1.82) is 0 Å². The number of halogens is 1. The Morgan fingerprint density at radius 3 is 2.50 bits per heavy atom. The lowest BCUT2D eigenvalue weighted by Crippen LogP contribution is -2.13. The minimum atomic E-state index is -1.28. The fourth-order valence-electron chi connectivity index (χ4n) is 3.46. The molecular formula is C25H30FNO4Si. The van der Waals surface area contributed by atoms with Crippen molar-refractivity contribution in [1.82, 2.24) is 4.98 Å². The molecular weight excluding hydrogens is 425 g/mol. The van der Waals surface area contributed by atoms with Crippen molar-refractivity contribution in [3.05, 3.63) is 59.0 Å². The van der Waals surface area contributed by atoms with Gasteiger partial charge >= 0.3 is 5.97 Å². The van der Waals surface area contributed by atoms with Gasteiger partial charge in [-0.1, -0.05) is 39.0 Å². The zero-order valence-corrected chi connectivity index (χ0v) is 20.6. The van der Waals surface area contributed by atoms with Gasteiger partial charge in [-0.2, -0.15) is 0 Å². The molecule has 0 fully saturated rings. The molecule has 0 atom stereocenters. The van der Waals surface area contributed by atoms with Gasteiger partial charge in [-0.15, -0.1) is 0 Å². The van der Waals surface area contributed by atoms with Crippen LogP contribution in [-0.4, -0.2) is 31.7 Å². The number of ether oxygens (including phenoxy) is 1. The van der Waals surface area contributed by atoms with E-state index < -0.39 is 20.8 Å². The first-order chi connectivity index (χ1) is 15.0. The van der Waals surface area contributed by atoms with Gasteiger partial charge < -0.3 is 14.3 Å². The summed E-state index contributed by atoms with van der Waals surface area (Å²) in [6.07, 6.45) is 1.26. The number of carbonyl (C=O) groups excluding carboxylic acids is 1. The van der Waals surface area contributed by atoms with Crippen molar-refractivity contribution in [2.45, 2.75) is 52.8 Å². The number of hydrogen-bond donors (Lipinski definition) is 1. The van der Waals surface area contributed by atoms with Crippen LogP contribution in [0.1, 0.15) is 49.2 Å². The molecule has 0 bridgehead atoms. The average molecular weight is 456 g/mol. The molecule has 5 nitrogen and oxygen atoms in total. The Morgan fingerprint density at radius 1 is 1.16 bits per heavy atom. The number of pyridine rings is 1. The minimum Gasteiger partial charge on any atom is -0.506 e. The monoisotopic (exact) mass is 455 g/mol. The second-order valence-corrected chi connectivity index (χ2v) is 11.5. The summed E-state index contributed by atoms with van der Waals surface area (Å²) in [5, 5.41) is 10.7. The Kier molecular flexibility index (Phi) is 7.00. The zero-order chi connectivity index (χ0) is 23.6. The second kappa shape index (κ2) is 9.38. The first kappa shape index (κ1) is 23.9. The van der Waals surface area contributed by atoms with Crippen molar-refractivity contribution in [3.8, 4) is 16.9 Å². The average Bonchev–Trinajstić information content (AvgIpc) is 2.72. The SMILES string of the molecule is CCOC(=O)c1cnc2cc(-c3ccc(C(C)(C)C)cc3CO[SiH](C)C)c(F)cc2c1O. The summed E-state index contributed by atoms with van der Waals surface area (Å²) in [5.74, 6) is -1.54. The summed E-state index contributed by atoms with van der Waals surface area (Å²) in [6, 6.07) is 8.81. The molecule has 0 aliphatic heterocycles. The highest BCUT2D eigenvalue weighted by Crippen LogP contribution is 2.36. The van der Waals surface area contributed by atoms with Crippen LogP contribution in [-0.2, 0) is 21.2 Å². The summed E-state index contributed by atoms with van der Waals surface area (Å²) in [6.45, 7) is 12.8. The van der Waals surface area contributed by atoms with Crippen molar-refractivity contribution in [2.24, 2.45) is 0 Å². The van der Waals surface area contributed by atoms with E-state index in [4.69, 9.17) is 9.16 Å². The summed E-state index contributed by atoms with van der Waals surface area (Å²) < 4.78 is 26.2. The number of esters is 1. The van der Waals surface area contributed by atoms with Crippen LogP contribution in [0.15, 0.2) is 36.5 Å². The number of aromatic nitrogens is 1. The molecule has 1 heterocycles. The van der Waals surface area contributed by atoms with E-state index in [9.17, 15) is 9.90 Å². The van der Waals surface area contributed by atoms with E-state index in [-0.39, 0.29) is 28.7 Å². The molecule has 32 heavy (non-hydrogen) atoms. The van der Waals surface area contributed by atoms with Gasteiger partial charge in [0.1, 0.15) is 17.1 Å². The number of benzene rings is 2. The standard InChI is InChI=1S/C25H30FNO4Si/c1-7-30-24(29)20-13-27-22-12-18(21(26)11-19(22)23(20)28)17-9-8-16(25(2,3)4)10-15(17)14-31-32(5)6/h8-13,32H,7,14H2,1-6H3,(H,27,28). The van der Waals surface area contributed by atoms with Crippen LogP contribution in [0.25, 0.3) is 22.0 Å². The van der Waals surface area contributed by atoms with E-state index in [0.29, 0.717) is 17.7 Å². The van der Waals surface area contributed by atoms with E-state index >= 15 is 4.39 Å². The summed E-state index contributed by atoms with van der Waals surface area (Å²) in [4.78, 5) is 16.3. The molecule has 170 valence electrons. The Labute approximate surface area is 189 Å². The maximum Gasteiger partial charge on any atom is 0.343 e. The topological polar surface area (TPSA) is 68.7 Å². The van der Waals surface area contributed by atoms with E-state index in [1.807, 2.05) is 12.1 Å². The molecule has 0 unspecified atom stereocenters. The van der Waals surface area contributed by atoms with Gasteiger partial charge in [-0.25, -0.2) is 9.18 Å². The first-order valence-electron chi connectivity index (χ1n) is 10.8. The minimum absolute atomic E-state index is 0.0543. The van der Waals surface area contributed by atoms with E-state index in [1.54, 1.807) is 13.0 Å². The summed E-state index contributed by atoms with van der Waals surface area (Å²) in [5.41, 5.74) is 3.39. The largest absolute Gasteiger partial charge is 0.506 e. The van der Waals surface area contributed by atoms with Crippen LogP contribution >= 0.6 is 0 Å². The second-order valence-electron chi connectivity index (χ2n) is 9.07. The van der Waals surface area contributed by atoms with E-state index in [1.165, 1.54) is 12.3 Å². The molecule has 3 rings (SSSR count). The Balaban J connectivity index is 2.15. The van der Waals surface area contributed by atoms with Crippen LogP contribution in [0.2, 0.25) is 13.1 Å². The normalized spacial score (nSPS) is 11.9. The van der Waals surface area contributed by atoms with Crippen molar-refractivity contribution in [2.75, 3.05) is 6.61 Å². The third-order valence-corrected chi connectivity index (χ3v) is 6.09. The molecule has 2 aromatic carbocycles. The quantitative estimate of drug-likeness (QED) is 0.380. The maximum atomic E-state index is 15.3. The van der Waals surface area contributed by atoms with Gasteiger partial charge in [-0.05, 0) is 54.3 Å². The molecule has 0 spiro atoms. The van der Waals surface area contributed by atoms with Gasteiger partial charge in [0.05, 0.1) is 18.7 Å². The molecule has 0 aliphatic rings. The highest BCUT2D eigenvalue weighted by molar-refractivity contribution is 6.48. The molecule has 0 saturated heterocycles. The van der Waals surface area contributed by atoms with Crippen LogP contribution in [0.4, 0.5) is 4.39 Å². The zero-order valence-electron chi connectivity index (χ0n) is 19.5. The Hall–Kier alpha value is -2.77. The van der Waals surface area contributed by atoms with Crippen LogP contribution < -0.4 is 0 Å². The van der Waals surface area contributed by atoms with Gasteiger partial charge in [0.2, 0.25) is 0 Å². The third kappa shape index (κ3) is 5.00. The highest BCUT2D eigenvalue weighted by Gasteiger charge is 2.21. The third-order valence-electron chi connectivity index (χ3n) is 5.26. The van der Waals surface area contributed by atoms with Crippen molar-refractivity contribution >= 4 is 25.9 Å². The smallest absolute Gasteiger partial charge is 0.343 e. The van der Waals surface area contributed by atoms with Crippen LogP contribution in [0.5, 0.6) is 5.75 Å². The number of aromatic hydroxyl groups is 1. The lowest BCUT2D eigenvalue weighted by atomic mass is 9.84. The molecule has 0 aliphatic carbocycles.